The largest absolute Gasteiger partial charge is 0.497 e. The zero-order chi connectivity index (χ0) is 11.4. The first-order chi connectivity index (χ1) is 7.83. The molecule has 0 N–H and O–H groups in total. The molecule has 3 heteroatoms. The van der Waals surface area contributed by atoms with E-state index in [2.05, 4.69) is 23.6 Å². The van der Waals surface area contributed by atoms with Crippen LogP contribution in [0, 0.1) is 0 Å². The van der Waals surface area contributed by atoms with Gasteiger partial charge in [0.25, 0.3) is 0 Å². The molecule has 0 atom stereocenters. The third-order valence-electron chi connectivity index (χ3n) is 2.44. The first kappa shape index (κ1) is 11.0. The quantitative estimate of drug-likeness (QED) is 0.807. The first-order valence-corrected chi connectivity index (χ1v) is 5.94. The van der Waals surface area contributed by atoms with Gasteiger partial charge in [0.05, 0.1) is 14.2 Å². The van der Waals surface area contributed by atoms with Crippen molar-refractivity contribution in [3.63, 3.8) is 0 Å². The maximum atomic E-state index is 5.36. The summed E-state index contributed by atoms with van der Waals surface area (Å²) in [5, 5.41) is 2.09. The summed E-state index contributed by atoms with van der Waals surface area (Å²) in [5.74, 6) is 1.71. The van der Waals surface area contributed by atoms with E-state index in [9.17, 15) is 0 Å². The molecule has 1 aromatic carbocycles. The smallest absolute Gasteiger partial charge is 0.126 e. The highest BCUT2D eigenvalue weighted by molar-refractivity contribution is 7.09. The second-order valence-corrected chi connectivity index (χ2v) is 4.47. The van der Waals surface area contributed by atoms with Gasteiger partial charge in [-0.3, -0.25) is 0 Å². The van der Waals surface area contributed by atoms with E-state index in [0.717, 1.165) is 17.9 Å². The Morgan fingerprint density at radius 3 is 2.62 bits per heavy atom. The van der Waals surface area contributed by atoms with Crippen molar-refractivity contribution >= 4 is 11.3 Å². The molecule has 16 heavy (non-hydrogen) atoms. The first-order valence-electron chi connectivity index (χ1n) is 5.07. The SMILES string of the molecule is COc1ccc(Cc2cccs2)c(OC)c1. The molecule has 0 aliphatic rings. The van der Waals surface area contributed by atoms with Gasteiger partial charge in [-0.15, -0.1) is 11.3 Å². The lowest BCUT2D eigenvalue weighted by molar-refractivity contribution is 0.391. The molecule has 84 valence electrons. The Labute approximate surface area is 99.5 Å². The summed E-state index contributed by atoms with van der Waals surface area (Å²) in [6.07, 6.45) is 0.908. The van der Waals surface area contributed by atoms with Crippen molar-refractivity contribution in [3.8, 4) is 11.5 Å². The van der Waals surface area contributed by atoms with Crippen LogP contribution in [0.5, 0.6) is 11.5 Å². The number of thiophene rings is 1. The van der Waals surface area contributed by atoms with Gasteiger partial charge < -0.3 is 9.47 Å². The maximum absolute atomic E-state index is 5.36. The van der Waals surface area contributed by atoms with Crippen LogP contribution in [-0.4, -0.2) is 14.2 Å². The highest BCUT2D eigenvalue weighted by Crippen LogP contribution is 2.27. The van der Waals surface area contributed by atoms with Gasteiger partial charge in [-0.1, -0.05) is 12.1 Å². The van der Waals surface area contributed by atoms with E-state index in [1.807, 2.05) is 12.1 Å². The molecule has 2 nitrogen and oxygen atoms in total. The van der Waals surface area contributed by atoms with E-state index >= 15 is 0 Å². The van der Waals surface area contributed by atoms with Gasteiger partial charge in [0.1, 0.15) is 11.5 Å². The van der Waals surface area contributed by atoms with E-state index in [4.69, 9.17) is 9.47 Å². The van der Waals surface area contributed by atoms with Crippen molar-refractivity contribution in [1.82, 2.24) is 0 Å². The van der Waals surface area contributed by atoms with Gasteiger partial charge in [0, 0.05) is 17.4 Å². The molecule has 0 spiro atoms. The van der Waals surface area contributed by atoms with Crippen LogP contribution in [0.4, 0.5) is 0 Å². The normalized spacial score (nSPS) is 10.1. The second-order valence-electron chi connectivity index (χ2n) is 3.43. The Hall–Kier alpha value is -1.48. The molecule has 0 bridgehead atoms. The lowest BCUT2D eigenvalue weighted by Crippen LogP contribution is -1.93. The number of hydrogen-bond donors (Lipinski definition) is 0. The van der Waals surface area contributed by atoms with Gasteiger partial charge in [0.2, 0.25) is 0 Å². The van der Waals surface area contributed by atoms with Crippen LogP contribution < -0.4 is 9.47 Å². The minimum Gasteiger partial charge on any atom is -0.497 e. The Morgan fingerprint density at radius 1 is 1.12 bits per heavy atom. The number of rotatable bonds is 4. The standard InChI is InChI=1S/C13H14O2S/c1-14-11-6-5-10(13(9-11)15-2)8-12-4-3-7-16-12/h3-7,9H,8H2,1-2H3. The van der Waals surface area contributed by atoms with E-state index < -0.39 is 0 Å². The Morgan fingerprint density at radius 2 is 2.00 bits per heavy atom. The van der Waals surface area contributed by atoms with Crippen LogP contribution >= 0.6 is 11.3 Å². The average molecular weight is 234 g/mol. The maximum Gasteiger partial charge on any atom is 0.126 e. The molecule has 0 amide bonds. The Kier molecular flexibility index (Phi) is 3.47. The lowest BCUT2D eigenvalue weighted by atomic mass is 10.1. The van der Waals surface area contributed by atoms with Crippen molar-refractivity contribution in [3.05, 3.63) is 46.2 Å². The molecule has 0 fully saturated rings. The zero-order valence-corrected chi connectivity index (χ0v) is 10.2. The third-order valence-corrected chi connectivity index (χ3v) is 3.32. The van der Waals surface area contributed by atoms with Crippen molar-refractivity contribution in [2.45, 2.75) is 6.42 Å². The predicted octanol–water partition coefficient (Wildman–Crippen LogP) is 3.36. The van der Waals surface area contributed by atoms with Gasteiger partial charge in [-0.2, -0.15) is 0 Å². The predicted molar refractivity (Wildman–Crippen MR) is 66.7 cm³/mol. The fourth-order valence-corrected chi connectivity index (χ4v) is 2.33. The van der Waals surface area contributed by atoms with Gasteiger partial charge >= 0.3 is 0 Å². The molecule has 2 rings (SSSR count). The minimum atomic E-state index is 0.826. The molecule has 1 aromatic heterocycles. The molecular formula is C13H14O2S. The van der Waals surface area contributed by atoms with E-state index in [-0.39, 0.29) is 0 Å². The van der Waals surface area contributed by atoms with Crippen molar-refractivity contribution in [1.29, 1.82) is 0 Å². The van der Waals surface area contributed by atoms with Gasteiger partial charge in [-0.25, -0.2) is 0 Å². The molecule has 0 aliphatic carbocycles. The van der Waals surface area contributed by atoms with E-state index in [1.54, 1.807) is 25.6 Å². The van der Waals surface area contributed by atoms with E-state index in [0.29, 0.717) is 0 Å². The summed E-state index contributed by atoms with van der Waals surface area (Å²) in [6, 6.07) is 10.1. The molecule has 1 heterocycles. The van der Waals surface area contributed by atoms with Crippen LogP contribution in [-0.2, 0) is 6.42 Å². The van der Waals surface area contributed by atoms with Crippen LogP contribution in [0.15, 0.2) is 35.7 Å². The third kappa shape index (κ3) is 2.36. The molecule has 0 saturated heterocycles. The zero-order valence-electron chi connectivity index (χ0n) is 9.40. The molecule has 0 saturated carbocycles. The van der Waals surface area contributed by atoms with Crippen molar-refractivity contribution < 1.29 is 9.47 Å². The summed E-state index contributed by atoms with van der Waals surface area (Å²) >= 11 is 1.76. The summed E-state index contributed by atoms with van der Waals surface area (Å²) in [4.78, 5) is 1.34. The highest BCUT2D eigenvalue weighted by Gasteiger charge is 2.06. The van der Waals surface area contributed by atoms with Crippen LogP contribution in [0.25, 0.3) is 0 Å². The summed E-state index contributed by atoms with van der Waals surface area (Å²) < 4.78 is 10.5. The monoisotopic (exact) mass is 234 g/mol. The molecule has 0 radical (unpaired) electrons. The van der Waals surface area contributed by atoms with Gasteiger partial charge in [0.15, 0.2) is 0 Å². The fraction of sp³-hybridized carbons (Fsp3) is 0.231. The van der Waals surface area contributed by atoms with Crippen molar-refractivity contribution in [2.24, 2.45) is 0 Å². The number of ether oxygens (including phenoxy) is 2. The van der Waals surface area contributed by atoms with Crippen LogP contribution in [0.3, 0.4) is 0 Å². The summed E-state index contributed by atoms with van der Waals surface area (Å²) in [6.45, 7) is 0. The number of hydrogen-bond acceptors (Lipinski definition) is 3. The number of methoxy groups -OCH3 is 2. The van der Waals surface area contributed by atoms with Crippen LogP contribution in [0.2, 0.25) is 0 Å². The fourth-order valence-electron chi connectivity index (χ4n) is 1.60. The average Bonchev–Trinajstić information content (AvgIpc) is 2.82. The Balaban J connectivity index is 2.26. The molecular weight excluding hydrogens is 220 g/mol. The number of benzene rings is 1. The summed E-state index contributed by atoms with van der Waals surface area (Å²) in [7, 11) is 3.35. The lowest BCUT2D eigenvalue weighted by Gasteiger charge is -2.09. The topological polar surface area (TPSA) is 18.5 Å². The van der Waals surface area contributed by atoms with E-state index in [1.165, 1.54) is 10.4 Å². The molecule has 0 unspecified atom stereocenters. The molecule has 0 aliphatic heterocycles. The van der Waals surface area contributed by atoms with Crippen LogP contribution in [0.1, 0.15) is 10.4 Å². The van der Waals surface area contributed by atoms with Gasteiger partial charge in [-0.05, 0) is 23.1 Å². The second kappa shape index (κ2) is 5.03. The highest BCUT2D eigenvalue weighted by atomic mass is 32.1. The minimum absolute atomic E-state index is 0.826. The summed E-state index contributed by atoms with van der Waals surface area (Å²) in [5.41, 5.74) is 1.19. The molecule has 2 aromatic rings. The van der Waals surface area contributed by atoms with Crippen molar-refractivity contribution in [2.75, 3.05) is 14.2 Å². The Bertz CT molecular complexity index is 449.